The number of rotatable bonds is 3. The van der Waals surface area contributed by atoms with E-state index in [4.69, 9.17) is 0 Å². The van der Waals surface area contributed by atoms with E-state index >= 15 is 0 Å². The lowest BCUT2D eigenvalue weighted by atomic mass is 9.89. The quantitative estimate of drug-likeness (QED) is 0.649. The van der Waals surface area contributed by atoms with E-state index in [9.17, 15) is 22.8 Å². The second kappa shape index (κ2) is 6.72. The van der Waals surface area contributed by atoms with Crippen LogP contribution < -0.4 is 10.2 Å². The van der Waals surface area contributed by atoms with Gasteiger partial charge in [-0.1, -0.05) is 18.2 Å². The zero-order valence-corrected chi connectivity index (χ0v) is 15.1. The maximum atomic E-state index is 13.8. The maximum absolute atomic E-state index is 13.8. The fourth-order valence-electron chi connectivity index (χ4n) is 3.17. The van der Waals surface area contributed by atoms with Crippen LogP contribution in [0.25, 0.3) is 0 Å². The predicted molar refractivity (Wildman–Crippen MR) is 95.8 cm³/mol. The van der Waals surface area contributed by atoms with Crippen LogP contribution in [-0.2, 0) is 16.0 Å². The van der Waals surface area contributed by atoms with Crippen LogP contribution in [-0.4, -0.2) is 17.9 Å². The molecule has 0 aliphatic carbocycles. The molecule has 1 heterocycles. The number of nitrogens with one attached hydrogen (secondary N) is 1. The van der Waals surface area contributed by atoms with Crippen LogP contribution in [0.5, 0.6) is 0 Å². The van der Waals surface area contributed by atoms with Crippen LogP contribution in [0.15, 0.2) is 36.4 Å². The predicted octanol–water partition coefficient (Wildman–Crippen LogP) is 4.05. The highest BCUT2D eigenvalue weighted by atomic mass is 19.2. The highest BCUT2D eigenvalue weighted by Crippen LogP contribution is 2.36. The molecule has 0 spiro atoms. The molecule has 2 amide bonds. The third-order valence-corrected chi connectivity index (χ3v) is 4.81. The summed E-state index contributed by atoms with van der Waals surface area (Å²) in [6, 6.07) is 8.90. The van der Waals surface area contributed by atoms with Crippen molar-refractivity contribution in [2.75, 3.05) is 10.2 Å². The summed E-state index contributed by atoms with van der Waals surface area (Å²) in [7, 11) is 0. The fourth-order valence-corrected chi connectivity index (χ4v) is 3.17. The molecule has 0 bridgehead atoms. The largest absolute Gasteiger partial charge is 0.323 e. The Bertz CT molecular complexity index is 927. The second-order valence-electron chi connectivity index (χ2n) is 7.16. The van der Waals surface area contributed by atoms with Gasteiger partial charge >= 0.3 is 0 Å². The maximum Gasteiger partial charge on any atom is 0.242 e. The number of carbonyl (C=O) groups is 2. The molecule has 0 aromatic heterocycles. The third-order valence-electron chi connectivity index (χ3n) is 4.81. The normalized spacial score (nSPS) is 16.2. The number of hydrogen-bond donors (Lipinski definition) is 1. The summed E-state index contributed by atoms with van der Waals surface area (Å²) in [4.78, 5) is 27.3. The van der Waals surface area contributed by atoms with Gasteiger partial charge < -0.3 is 10.2 Å². The van der Waals surface area contributed by atoms with Gasteiger partial charge in [-0.3, -0.25) is 9.59 Å². The van der Waals surface area contributed by atoms with Crippen molar-refractivity contribution >= 4 is 23.2 Å². The van der Waals surface area contributed by atoms with Gasteiger partial charge in [0, 0.05) is 11.7 Å². The molecule has 27 heavy (non-hydrogen) atoms. The summed E-state index contributed by atoms with van der Waals surface area (Å²) in [5.74, 6) is -5.82. The average Bonchev–Trinajstić information content (AvgIpc) is 2.96. The molecule has 2 aromatic carbocycles. The number of anilines is 2. The van der Waals surface area contributed by atoms with E-state index < -0.39 is 40.4 Å². The average molecular weight is 376 g/mol. The summed E-state index contributed by atoms with van der Waals surface area (Å²) in [6.07, 6.45) is 0.664. The van der Waals surface area contributed by atoms with Crippen molar-refractivity contribution in [2.24, 2.45) is 5.41 Å². The highest BCUT2D eigenvalue weighted by molar-refractivity contribution is 6.15. The Balaban J connectivity index is 1.87. The third kappa shape index (κ3) is 3.18. The molecular formula is C20H19F3N2O2. The molecule has 7 heteroatoms. The molecule has 0 saturated heterocycles. The molecule has 2 aromatic rings. The monoisotopic (exact) mass is 376 g/mol. The minimum absolute atomic E-state index is 0.137. The summed E-state index contributed by atoms with van der Waals surface area (Å²) in [5.41, 5.74) is -0.339. The van der Waals surface area contributed by atoms with Gasteiger partial charge in [0.2, 0.25) is 11.8 Å². The lowest BCUT2D eigenvalue weighted by Crippen LogP contribution is -2.49. The SMILES string of the molecule is CC1Cc2ccccc2N1C(=O)C(C)(C)C(=O)Nc1ccc(F)c(F)c1F. The molecule has 1 aliphatic rings. The molecule has 1 N–H and O–H groups in total. The number of hydrogen-bond acceptors (Lipinski definition) is 2. The first-order chi connectivity index (χ1) is 12.6. The van der Waals surface area contributed by atoms with Crippen molar-refractivity contribution in [3.63, 3.8) is 0 Å². The first kappa shape index (κ1) is 18.9. The van der Waals surface area contributed by atoms with Crippen molar-refractivity contribution in [2.45, 2.75) is 33.2 Å². The summed E-state index contributed by atoms with van der Waals surface area (Å²) < 4.78 is 40.3. The first-order valence-electron chi connectivity index (χ1n) is 8.51. The van der Waals surface area contributed by atoms with E-state index in [0.717, 1.165) is 17.3 Å². The van der Waals surface area contributed by atoms with Crippen LogP contribution in [0, 0.1) is 22.9 Å². The molecule has 1 unspecified atom stereocenters. The van der Waals surface area contributed by atoms with Gasteiger partial charge in [0.1, 0.15) is 5.41 Å². The molecule has 0 saturated carbocycles. The van der Waals surface area contributed by atoms with E-state index in [1.807, 2.05) is 19.1 Å². The Hall–Kier alpha value is -2.83. The molecule has 142 valence electrons. The molecule has 0 fully saturated rings. The van der Waals surface area contributed by atoms with E-state index in [1.54, 1.807) is 17.0 Å². The van der Waals surface area contributed by atoms with Crippen molar-refractivity contribution in [1.82, 2.24) is 0 Å². The number of para-hydroxylation sites is 1. The van der Waals surface area contributed by atoms with Gasteiger partial charge in [-0.2, -0.15) is 0 Å². The van der Waals surface area contributed by atoms with Crippen LogP contribution in [0.4, 0.5) is 24.5 Å². The van der Waals surface area contributed by atoms with Crippen molar-refractivity contribution in [1.29, 1.82) is 0 Å². The summed E-state index contributed by atoms with van der Waals surface area (Å²) in [5, 5.41) is 2.19. The van der Waals surface area contributed by atoms with E-state index in [0.29, 0.717) is 12.5 Å². The van der Waals surface area contributed by atoms with Gasteiger partial charge in [0.15, 0.2) is 17.5 Å². The fraction of sp³-hybridized carbons (Fsp3) is 0.300. The molecule has 0 radical (unpaired) electrons. The lowest BCUT2D eigenvalue weighted by molar-refractivity contribution is -0.136. The van der Waals surface area contributed by atoms with E-state index in [2.05, 4.69) is 5.32 Å². The zero-order valence-electron chi connectivity index (χ0n) is 15.1. The second-order valence-corrected chi connectivity index (χ2v) is 7.16. The Morgan fingerprint density at radius 3 is 2.44 bits per heavy atom. The smallest absolute Gasteiger partial charge is 0.242 e. The van der Waals surface area contributed by atoms with E-state index in [-0.39, 0.29) is 6.04 Å². The Kier molecular flexibility index (Phi) is 4.71. The van der Waals surface area contributed by atoms with Crippen LogP contribution in [0.2, 0.25) is 0 Å². The zero-order chi connectivity index (χ0) is 19.9. The van der Waals surface area contributed by atoms with Gasteiger partial charge in [-0.25, -0.2) is 13.2 Å². The topological polar surface area (TPSA) is 49.4 Å². The number of halogens is 3. The van der Waals surface area contributed by atoms with Gasteiger partial charge in [-0.15, -0.1) is 0 Å². The number of nitrogens with zero attached hydrogens (tertiary/aromatic N) is 1. The minimum Gasteiger partial charge on any atom is -0.323 e. The van der Waals surface area contributed by atoms with Crippen molar-refractivity contribution < 1.29 is 22.8 Å². The van der Waals surface area contributed by atoms with Crippen LogP contribution in [0.1, 0.15) is 26.3 Å². The molecule has 4 nitrogen and oxygen atoms in total. The van der Waals surface area contributed by atoms with Gasteiger partial charge in [0.05, 0.1) is 5.69 Å². The number of benzene rings is 2. The van der Waals surface area contributed by atoms with E-state index in [1.165, 1.54) is 13.8 Å². The first-order valence-corrected chi connectivity index (χ1v) is 8.51. The summed E-state index contributed by atoms with van der Waals surface area (Å²) >= 11 is 0. The number of amides is 2. The van der Waals surface area contributed by atoms with Crippen LogP contribution in [0.3, 0.4) is 0 Å². The standard InChI is InChI=1S/C20H19F3N2O2/c1-11-10-12-6-4-5-7-15(12)25(11)19(27)20(2,3)18(26)24-14-9-8-13(21)16(22)17(14)23/h4-9,11H,10H2,1-3H3,(H,24,26). The molecule has 3 rings (SSSR count). The molecule has 1 aliphatic heterocycles. The van der Waals surface area contributed by atoms with Crippen molar-refractivity contribution in [3.8, 4) is 0 Å². The van der Waals surface area contributed by atoms with Gasteiger partial charge in [0.25, 0.3) is 0 Å². The highest BCUT2D eigenvalue weighted by Gasteiger charge is 2.43. The molecular weight excluding hydrogens is 357 g/mol. The Labute approximate surface area is 155 Å². The molecule has 1 atom stereocenters. The van der Waals surface area contributed by atoms with Crippen LogP contribution >= 0.6 is 0 Å². The number of carbonyl (C=O) groups excluding carboxylic acids is 2. The van der Waals surface area contributed by atoms with Crippen molar-refractivity contribution in [3.05, 3.63) is 59.4 Å². The number of fused-ring (bicyclic) bond motifs is 1. The van der Waals surface area contributed by atoms with Gasteiger partial charge in [-0.05, 0) is 51.0 Å². The lowest BCUT2D eigenvalue weighted by Gasteiger charge is -2.31. The Morgan fingerprint density at radius 1 is 1.07 bits per heavy atom. The Morgan fingerprint density at radius 2 is 1.74 bits per heavy atom. The minimum atomic E-state index is -1.68. The summed E-state index contributed by atoms with van der Waals surface area (Å²) in [6.45, 7) is 4.70.